The van der Waals surface area contributed by atoms with E-state index in [0.717, 1.165) is 42.9 Å². The van der Waals surface area contributed by atoms with Crippen molar-refractivity contribution >= 4 is 41.8 Å². The monoisotopic (exact) mass is 892 g/mol. The maximum Gasteiger partial charge on any atom is 0.407 e. The smallest absolute Gasteiger partial charge is 0.407 e. The summed E-state index contributed by atoms with van der Waals surface area (Å²) in [6.45, 7) is 12.9. The lowest BCUT2D eigenvalue weighted by Gasteiger charge is -2.58. The lowest BCUT2D eigenvalue weighted by Crippen LogP contribution is -2.51. The molecule has 63 heavy (non-hydrogen) atoms. The summed E-state index contributed by atoms with van der Waals surface area (Å²) in [5.74, 6) is 4.63. The first kappa shape index (κ1) is 46.4. The van der Waals surface area contributed by atoms with E-state index >= 15 is 0 Å². The summed E-state index contributed by atoms with van der Waals surface area (Å²) in [5, 5.41) is 35.8. The maximum absolute atomic E-state index is 14.6. The van der Waals surface area contributed by atoms with Crippen molar-refractivity contribution in [1.29, 1.82) is 0 Å². The number of aromatic nitrogens is 2. The highest BCUT2D eigenvalue weighted by Gasteiger charge is 2.59. The van der Waals surface area contributed by atoms with Crippen molar-refractivity contribution in [2.24, 2.45) is 46.3 Å². The molecule has 16 nitrogen and oxygen atoms in total. The van der Waals surface area contributed by atoms with Crippen molar-refractivity contribution in [2.45, 2.75) is 124 Å². The molecule has 7 rings (SSSR count). The number of carbonyl (C=O) groups excluding carboxylic acids is 1. The van der Waals surface area contributed by atoms with Crippen LogP contribution >= 0.6 is 7.60 Å². The molecule has 0 bridgehead atoms. The summed E-state index contributed by atoms with van der Waals surface area (Å²) < 4.78 is 37.2. The third-order valence-electron chi connectivity index (χ3n) is 15.2. The molecule has 3 fully saturated rings. The highest BCUT2D eigenvalue weighted by atomic mass is 31.2. The van der Waals surface area contributed by atoms with Gasteiger partial charge in [0.1, 0.15) is 5.75 Å². The van der Waals surface area contributed by atoms with Crippen LogP contribution in [0.2, 0.25) is 0 Å². The number of rotatable bonds is 20. The summed E-state index contributed by atoms with van der Waals surface area (Å²) in [6, 6.07) is 8.33. The zero-order chi connectivity index (χ0) is 44.9. The molecule has 2 N–H and O–H groups in total. The van der Waals surface area contributed by atoms with Gasteiger partial charge < -0.3 is 19.9 Å². The van der Waals surface area contributed by atoms with Gasteiger partial charge in [-0.1, -0.05) is 65.5 Å². The number of fused-ring (bicyclic) bond motifs is 6. The second-order valence-corrected chi connectivity index (χ2v) is 21.5. The number of carbonyl (C=O) groups is 1. The fraction of sp³-hybridized carbons (Fsp3) is 0.674. The van der Waals surface area contributed by atoms with Crippen LogP contribution in [-0.4, -0.2) is 58.2 Å². The van der Waals surface area contributed by atoms with E-state index < -0.39 is 23.5 Å². The molecule has 344 valence electrons. The van der Waals surface area contributed by atoms with Crippen molar-refractivity contribution in [3.05, 3.63) is 68.3 Å². The van der Waals surface area contributed by atoms with Gasteiger partial charge in [-0.3, -0.25) is 24.8 Å². The molecule has 0 saturated heterocycles. The summed E-state index contributed by atoms with van der Waals surface area (Å²) in [6.07, 6.45) is 14.9. The maximum atomic E-state index is 14.6. The average molecular weight is 893 g/mol. The molecule has 4 aliphatic carbocycles. The molecule has 3 saturated carbocycles. The fourth-order valence-corrected chi connectivity index (χ4v) is 13.8. The lowest BCUT2D eigenvalue weighted by molar-refractivity contribution is -0.384. The minimum atomic E-state index is -3.81. The third kappa shape index (κ3) is 10.4. The Balaban J connectivity index is 0.920. The number of hydrogen-bond donors (Lipinski definition) is 2. The van der Waals surface area contributed by atoms with Gasteiger partial charge in [0.05, 0.1) is 34.4 Å². The van der Waals surface area contributed by atoms with Crippen LogP contribution in [0, 0.1) is 66.6 Å². The predicted molar refractivity (Wildman–Crippen MR) is 240 cm³/mol. The first-order valence-electron chi connectivity index (χ1n) is 23.1. The fourth-order valence-electron chi connectivity index (χ4n) is 12.0. The standard InChI is InChI=1S/C46H65N6O10P/c1-30(2)9-6-10-31(3)37-17-18-38-36-16-11-32-29-35(21-23-45(32,4)39(36)22-24-46(37,38)5)61-63(58,60-34-14-12-33(13-15-34)51(54)55)28-8-27-59-44(53)48-26-7-25-47-40-19-20-41(52(56)57)43-42(40)49-62-50-43/h11-15,19-20,30-31,35-39,47H,6-10,16-18,21-29H2,1-5H3,(H,48,53)/t31-,35?,36?,37-,38+,39+,45?,46?,63?/m1/s1. The minimum Gasteiger partial charge on any atom is -0.450 e. The Morgan fingerprint density at radius 2 is 1.70 bits per heavy atom. The number of nitro benzene ring substituents is 2. The van der Waals surface area contributed by atoms with Crippen LogP contribution in [0.1, 0.15) is 118 Å². The number of allylic oxidation sites excluding steroid dienone is 1. The van der Waals surface area contributed by atoms with Crippen LogP contribution in [0.4, 0.5) is 21.9 Å². The molecule has 2 aromatic carbocycles. The highest BCUT2D eigenvalue weighted by Crippen LogP contribution is 2.68. The SMILES string of the molecule is CC(C)CCC[C@@H](C)[C@H]1CC[C@H]2C3CC=C4CC(OP(=O)(CCCOC(=O)NCCCNc5ccc([N+](=O)[O-])c6nonc56)Oc5ccc([N+](=O)[O-])cc5)CCC4(C)[C@H]3CCC12C. The average Bonchev–Trinajstić information content (AvgIpc) is 3.88. The number of alkyl carbamates (subject to hydrolysis) is 1. The Morgan fingerprint density at radius 3 is 2.44 bits per heavy atom. The van der Waals surface area contributed by atoms with Crippen LogP contribution in [0.5, 0.6) is 5.75 Å². The quantitative estimate of drug-likeness (QED) is 0.0356. The van der Waals surface area contributed by atoms with E-state index in [-0.39, 0.29) is 65.4 Å². The number of hydrogen-bond acceptors (Lipinski definition) is 13. The molecule has 0 aliphatic heterocycles. The first-order chi connectivity index (χ1) is 30.1. The molecular formula is C46H65N6O10P. The summed E-state index contributed by atoms with van der Waals surface area (Å²) in [7, 11) is -3.81. The molecule has 0 radical (unpaired) electrons. The van der Waals surface area contributed by atoms with Gasteiger partial charge in [0.25, 0.3) is 5.69 Å². The molecule has 1 aromatic heterocycles. The van der Waals surface area contributed by atoms with E-state index in [1.54, 1.807) is 0 Å². The molecule has 5 unspecified atom stereocenters. The molecule has 17 heteroatoms. The van der Waals surface area contributed by atoms with Gasteiger partial charge in [0.2, 0.25) is 5.52 Å². The number of nitro groups is 2. The Labute approximate surface area is 369 Å². The van der Waals surface area contributed by atoms with Gasteiger partial charge in [0, 0.05) is 31.3 Å². The minimum absolute atomic E-state index is 0.0172. The van der Waals surface area contributed by atoms with Crippen LogP contribution in [0.25, 0.3) is 11.0 Å². The zero-order valence-electron chi connectivity index (χ0n) is 37.4. The van der Waals surface area contributed by atoms with Gasteiger partial charge in [-0.2, -0.15) is 0 Å². The van der Waals surface area contributed by atoms with Crippen molar-refractivity contribution in [3.63, 3.8) is 0 Å². The number of nitrogens with one attached hydrogen (secondary N) is 2. The van der Waals surface area contributed by atoms with Gasteiger partial charge >= 0.3 is 19.4 Å². The lowest BCUT2D eigenvalue weighted by atomic mass is 9.47. The van der Waals surface area contributed by atoms with E-state index in [1.807, 2.05) is 0 Å². The van der Waals surface area contributed by atoms with Crippen LogP contribution in [-0.2, 0) is 13.8 Å². The summed E-state index contributed by atoms with van der Waals surface area (Å²) in [4.78, 5) is 34.1. The number of amides is 1. The van der Waals surface area contributed by atoms with Gasteiger partial charge in [0.15, 0.2) is 5.52 Å². The number of nitrogens with zero attached hydrogens (tertiary/aromatic N) is 4. The number of non-ortho nitro benzene ring substituents is 2. The first-order valence-corrected chi connectivity index (χ1v) is 24.8. The largest absolute Gasteiger partial charge is 0.450 e. The van der Waals surface area contributed by atoms with E-state index in [4.69, 9.17) is 18.4 Å². The van der Waals surface area contributed by atoms with E-state index in [0.29, 0.717) is 42.3 Å². The highest BCUT2D eigenvalue weighted by molar-refractivity contribution is 7.54. The molecule has 0 spiro atoms. The van der Waals surface area contributed by atoms with Gasteiger partial charge in [-0.15, -0.1) is 0 Å². The summed E-state index contributed by atoms with van der Waals surface area (Å²) in [5.41, 5.74) is 2.38. The van der Waals surface area contributed by atoms with Crippen molar-refractivity contribution in [2.75, 3.05) is 31.2 Å². The van der Waals surface area contributed by atoms with E-state index in [2.05, 4.69) is 61.6 Å². The van der Waals surface area contributed by atoms with Gasteiger partial charge in [-0.05, 0) is 139 Å². The zero-order valence-corrected chi connectivity index (χ0v) is 38.3. The second-order valence-electron chi connectivity index (χ2n) is 19.5. The van der Waals surface area contributed by atoms with Crippen molar-refractivity contribution in [3.8, 4) is 5.75 Å². The molecule has 9 atom stereocenters. The Hall–Kier alpha value is -4.56. The van der Waals surface area contributed by atoms with E-state index in [9.17, 15) is 29.6 Å². The predicted octanol–water partition coefficient (Wildman–Crippen LogP) is 11.7. The molecule has 1 heterocycles. The van der Waals surface area contributed by atoms with Crippen LogP contribution in [0.3, 0.4) is 0 Å². The Kier molecular flexibility index (Phi) is 14.5. The molecule has 1 amide bonds. The van der Waals surface area contributed by atoms with Gasteiger partial charge in [-0.25, -0.2) is 14.0 Å². The normalized spacial score (nSPS) is 27.9. The second kappa shape index (κ2) is 19.7. The van der Waals surface area contributed by atoms with Crippen molar-refractivity contribution < 1.29 is 37.6 Å². The third-order valence-corrected chi connectivity index (χ3v) is 17.2. The van der Waals surface area contributed by atoms with E-state index in [1.165, 1.54) is 86.9 Å². The molecule has 4 aliphatic rings. The topological polar surface area (TPSA) is 211 Å². The number of ether oxygens (including phenoxy) is 1. The van der Waals surface area contributed by atoms with Crippen molar-refractivity contribution in [1.82, 2.24) is 15.6 Å². The molecular weight excluding hydrogens is 828 g/mol. The number of anilines is 1. The van der Waals surface area contributed by atoms with Crippen LogP contribution in [0.15, 0.2) is 52.7 Å². The van der Waals surface area contributed by atoms with Crippen LogP contribution < -0.4 is 15.2 Å². The summed E-state index contributed by atoms with van der Waals surface area (Å²) >= 11 is 0. The Morgan fingerprint density at radius 1 is 0.921 bits per heavy atom. The molecule has 3 aromatic rings. The Bertz CT molecular complexity index is 2180. The number of benzene rings is 2.